The molecule has 3 aromatic heterocycles. The molecule has 1 aliphatic carbocycles. The molecule has 0 unspecified atom stereocenters. The van der Waals surface area contributed by atoms with Gasteiger partial charge >= 0.3 is 0 Å². The first kappa shape index (κ1) is 10.8. The van der Waals surface area contributed by atoms with E-state index < -0.39 is 0 Å². The molecular formula is C13H11N5S. The topological polar surface area (TPSA) is 56.0 Å². The lowest BCUT2D eigenvalue weighted by atomic mass is 10.3. The van der Waals surface area contributed by atoms with Crippen LogP contribution in [0.2, 0.25) is 0 Å². The highest BCUT2D eigenvalue weighted by atomic mass is 32.1. The number of hydrogen-bond acceptors (Lipinski definition) is 5. The fourth-order valence-electron chi connectivity index (χ4n) is 1.95. The summed E-state index contributed by atoms with van der Waals surface area (Å²) in [5, 5.41) is 13.9. The summed E-state index contributed by atoms with van der Waals surface area (Å²) in [5.41, 5.74) is 1.07. The van der Waals surface area contributed by atoms with E-state index in [1.54, 1.807) is 17.5 Å². The van der Waals surface area contributed by atoms with Gasteiger partial charge in [-0.3, -0.25) is 4.98 Å². The average molecular weight is 269 g/mol. The lowest BCUT2D eigenvalue weighted by molar-refractivity contribution is 0.823. The van der Waals surface area contributed by atoms with Gasteiger partial charge < -0.3 is 0 Å². The summed E-state index contributed by atoms with van der Waals surface area (Å²) in [6.07, 6.45) is 10.0. The number of pyridine rings is 1. The van der Waals surface area contributed by atoms with Crippen molar-refractivity contribution in [3.63, 3.8) is 0 Å². The second kappa shape index (κ2) is 4.24. The van der Waals surface area contributed by atoms with Crippen molar-refractivity contribution in [3.05, 3.63) is 40.9 Å². The molecule has 1 aliphatic rings. The quantitative estimate of drug-likeness (QED) is 0.733. The van der Waals surface area contributed by atoms with Crippen LogP contribution in [-0.2, 0) is 0 Å². The molecule has 1 fully saturated rings. The van der Waals surface area contributed by atoms with E-state index in [0.717, 1.165) is 21.4 Å². The van der Waals surface area contributed by atoms with Crippen LogP contribution in [0.3, 0.4) is 0 Å². The zero-order valence-corrected chi connectivity index (χ0v) is 10.9. The van der Waals surface area contributed by atoms with Crippen molar-refractivity contribution in [3.8, 4) is 0 Å². The molecule has 3 aromatic rings. The van der Waals surface area contributed by atoms with Crippen LogP contribution >= 0.6 is 11.3 Å². The number of hydrogen-bond donors (Lipinski definition) is 0. The molecule has 0 spiro atoms. The van der Waals surface area contributed by atoms with Crippen LogP contribution in [0.5, 0.6) is 0 Å². The molecule has 94 valence electrons. The van der Waals surface area contributed by atoms with E-state index in [2.05, 4.69) is 20.3 Å². The van der Waals surface area contributed by atoms with E-state index >= 15 is 0 Å². The van der Waals surface area contributed by atoms with Crippen molar-refractivity contribution >= 4 is 28.4 Å². The van der Waals surface area contributed by atoms with Gasteiger partial charge in [-0.1, -0.05) is 23.5 Å². The van der Waals surface area contributed by atoms with Gasteiger partial charge in [0, 0.05) is 18.3 Å². The number of aromatic nitrogens is 5. The van der Waals surface area contributed by atoms with Gasteiger partial charge in [-0.25, -0.2) is 0 Å². The third-order valence-corrected chi connectivity index (χ3v) is 3.94. The van der Waals surface area contributed by atoms with Gasteiger partial charge in [0.25, 0.3) is 0 Å². The first-order valence-electron chi connectivity index (χ1n) is 6.20. The highest BCUT2D eigenvalue weighted by Gasteiger charge is 2.29. The van der Waals surface area contributed by atoms with Crippen molar-refractivity contribution in [2.45, 2.75) is 18.8 Å². The summed E-state index contributed by atoms with van der Waals surface area (Å²) in [7, 11) is 0. The fourth-order valence-corrected chi connectivity index (χ4v) is 2.70. The fraction of sp³-hybridized carbons (Fsp3) is 0.231. The van der Waals surface area contributed by atoms with Crippen molar-refractivity contribution in [2.75, 3.05) is 0 Å². The molecule has 0 radical (unpaired) electrons. The maximum atomic E-state index is 4.55. The Morgan fingerprint density at radius 1 is 1.26 bits per heavy atom. The highest BCUT2D eigenvalue weighted by Crippen LogP contribution is 2.39. The summed E-state index contributed by atoms with van der Waals surface area (Å²) in [4.78, 5) is 4.95. The smallest absolute Gasteiger partial charge is 0.234 e. The Labute approximate surface area is 113 Å². The summed E-state index contributed by atoms with van der Waals surface area (Å²) in [6, 6.07) is 3.93. The minimum Gasteiger partial charge on any atom is -0.264 e. The van der Waals surface area contributed by atoms with Crippen molar-refractivity contribution in [2.24, 2.45) is 0 Å². The average Bonchev–Trinajstić information content (AvgIpc) is 3.08. The molecule has 5 nitrogen and oxygen atoms in total. The summed E-state index contributed by atoms with van der Waals surface area (Å²) >= 11 is 1.55. The van der Waals surface area contributed by atoms with Crippen molar-refractivity contribution in [1.82, 2.24) is 24.8 Å². The molecule has 0 N–H and O–H groups in total. The first-order chi connectivity index (χ1) is 9.40. The van der Waals surface area contributed by atoms with E-state index in [0.29, 0.717) is 5.92 Å². The molecule has 3 heterocycles. The van der Waals surface area contributed by atoms with Gasteiger partial charge in [0.05, 0.1) is 0 Å². The SMILES string of the molecule is C(=Cc1nn2c(C3CC3)nnc2s1)c1cccnc1. The van der Waals surface area contributed by atoms with Gasteiger partial charge in [0.2, 0.25) is 4.96 Å². The summed E-state index contributed by atoms with van der Waals surface area (Å²) in [5.74, 6) is 1.57. The second-order valence-electron chi connectivity index (χ2n) is 4.59. The van der Waals surface area contributed by atoms with Crippen molar-refractivity contribution < 1.29 is 0 Å². The van der Waals surface area contributed by atoms with Crippen LogP contribution in [0, 0.1) is 0 Å². The van der Waals surface area contributed by atoms with Crippen LogP contribution in [-0.4, -0.2) is 24.8 Å². The molecule has 19 heavy (non-hydrogen) atoms. The molecule has 4 rings (SSSR count). The zero-order chi connectivity index (χ0) is 12.7. The summed E-state index contributed by atoms with van der Waals surface area (Å²) < 4.78 is 1.88. The van der Waals surface area contributed by atoms with E-state index in [1.807, 2.05) is 35.0 Å². The zero-order valence-electron chi connectivity index (χ0n) is 10.1. The minimum absolute atomic E-state index is 0.562. The third kappa shape index (κ3) is 2.04. The Morgan fingerprint density at radius 3 is 3.00 bits per heavy atom. The Kier molecular flexibility index (Phi) is 2.41. The van der Waals surface area contributed by atoms with Crippen LogP contribution in [0.4, 0.5) is 0 Å². The lowest BCUT2D eigenvalue weighted by Crippen LogP contribution is -1.92. The van der Waals surface area contributed by atoms with E-state index in [-0.39, 0.29) is 0 Å². The van der Waals surface area contributed by atoms with Crippen LogP contribution in [0.1, 0.15) is 35.2 Å². The molecule has 0 aromatic carbocycles. The third-order valence-electron chi connectivity index (χ3n) is 3.08. The van der Waals surface area contributed by atoms with Crippen LogP contribution in [0.25, 0.3) is 17.1 Å². The number of nitrogens with zero attached hydrogens (tertiary/aromatic N) is 5. The Hall–Kier alpha value is -2.08. The van der Waals surface area contributed by atoms with Gasteiger partial charge in [-0.2, -0.15) is 9.61 Å². The van der Waals surface area contributed by atoms with E-state index in [1.165, 1.54) is 12.8 Å². The number of fused-ring (bicyclic) bond motifs is 1. The van der Waals surface area contributed by atoms with Gasteiger partial charge in [0.15, 0.2) is 5.82 Å². The first-order valence-corrected chi connectivity index (χ1v) is 7.02. The standard InChI is InChI=1S/C13H11N5S/c1-2-9(8-14-7-1)3-6-11-17-18-12(10-4-5-10)15-16-13(18)19-11/h1-3,6-8,10H,4-5H2. The van der Waals surface area contributed by atoms with Gasteiger partial charge in [-0.05, 0) is 30.5 Å². The molecule has 0 amide bonds. The maximum absolute atomic E-state index is 4.55. The van der Waals surface area contributed by atoms with E-state index in [4.69, 9.17) is 0 Å². The largest absolute Gasteiger partial charge is 0.264 e. The molecule has 0 atom stereocenters. The predicted octanol–water partition coefficient (Wildman–Crippen LogP) is 2.63. The Morgan fingerprint density at radius 2 is 2.21 bits per heavy atom. The monoisotopic (exact) mass is 269 g/mol. The molecule has 0 bridgehead atoms. The molecule has 0 aliphatic heterocycles. The molecular weight excluding hydrogens is 258 g/mol. The van der Waals surface area contributed by atoms with E-state index in [9.17, 15) is 0 Å². The molecule has 0 saturated heterocycles. The Balaban J connectivity index is 1.66. The van der Waals surface area contributed by atoms with Crippen molar-refractivity contribution in [1.29, 1.82) is 0 Å². The second-order valence-corrected chi connectivity index (χ2v) is 5.57. The lowest BCUT2D eigenvalue weighted by Gasteiger charge is -1.90. The number of rotatable bonds is 3. The molecule has 1 saturated carbocycles. The van der Waals surface area contributed by atoms with Gasteiger partial charge in [-0.15, -0.1) is 10.2 Å². The van der Waals surface area contributed by atoms with Gasteiger partial charge in [0.1, 0.15) is 5.01 Å². The Bertz CT molecular complexity index is 739. The highest BCUT2D eigenvalue weighted by molar-refractivity contribution is 7.17. The molecule has 6 heteroatoms. The normalized spacial score (nSPS) is 15.6. The minimum atomic E-state index is 0.562. The van der Waals surface area contributed by atoms with Crippen LogP contribution < -0.4 is 0 Å². The van der Waals surface area contributed by atoms with Crippen LogP contribution in [0.15, 0.2) is 24.5 Å². The maximum Gasteiger partial charge on any atom is 0.234 e. The summed E-state index contributed by atoms with van der Waals surface area (Å²) in [6.45, 7) is 0. The predicted molar refractivity (Wildman–Crippen MR) is 73.8 cm³/mol.